The zero-order valence-corrected chi connectivity index (χ0v) is 22.8. The molecule has 0 aliphatic carbocycles. The highest BCUT2D eigenvalue weighted by Gasteiger charge is 2.21. The molecule has 42 heavy (non-hydrogen) atoms. The molecule has 4 aromatic rings. The maximum absolute atomic E-state index is 13.4. The van der Waals surface area contributed by atoms with E-state index in [0.717, 1.165) is 17.5 Å². The molecule has 3 N–H and O–H groups in total. The number of imidazole rings is 1. The zero-order valence-electron chi connectivity index (χ0n) is 22.8. The van der Waals surface area contributed by atoms with Crippen molar-refractivity contribution in [3.63, 3.8) is 0 Å². The fourth-order valence-electron chi connectivity index (χ4n) is 4.23. The van der Waals surface area contributed by atoms with Gasteiger partial charge in [-0.05, 0) is 73.7 Å². The van der Waals surface area contributed by atoms with Crippen LogP contribution in [-0.2, 0) is 7.05 Å². The van der Waals surface area contributed by atoms with E-state index in [2.05, 4.69) is 15.6 Å². The van der Waals surface area contributed by atoms with Crippen LogP contribution in [-0.4, -0.2) is 32.8 Å². The lowest BCUT2D eigenvalue weighted by atomic mass is 10.1. The van der Waals surface area contributed by atoms with Crippen molar-refractivity contribution in [2.24, 2.45) is 7.05 Å². The molecule has 0 unspecified atom stereocenters. The maximum Gasteiger partial charge on any atom is 0.271 e. The Labute approximate surface area is 240 Å². The van der Waals surface area contributed by atoms with Crippen LogP contribution in [0.5, 0.6) is 11.5 Å². The first-order valence-corrected chi connectivity index (χ1v) is 13.0. The Kier molecular flexibility index (Phi) is 8.10. The molecule has 3 heterocycles. The minimum Gasteiger partial charge on any atom is -0.493 e. The van der Waals surface area contributed by atoms with Gasteiger partial charge >= 0.3 is 0 Å². The van der Waals surface area contributed by atoms with E-state index in [9.17, 15) is 14.0 Å². The van der Waals surface area contributed by atoms with Gasteiger partial charge in [-0.25, -0.2) is 9.37 Å². The Balaban J connectivity index is 1.37. The molecule has 0 fully saturated rings. The summed E-state index contributed by atoms with van der Waals surface area (Å²) in [7, 11) is 1.88. The number of allylic oxidation sites excluding steroid dienone is 3. The fourth-order valence-corrected chi connectivity index (χ4v) is 4.23. The highest BCUT2D eigenvalue weighted by atomic mass is 19.1. The summed E-state index contributed by atoms with van der Waals surface area (Å²) in [5, 5.41) is 13.3. The molecule has 0 radical (unpaired) electrons. The lowest BCUT2D eigenvalue weighted by Gasteiger charge is -2.19. The quantitative estimate of drug-likeness (QED) is 0.250. The topological polar surface area (TPSA) is 123 Å². The molecule has 0 saturated heterocycles. The number of carbonyl (C=O) groups excluding carboxylic acids is 1. The number of nitrogens with zero attached hydrogens (tertiary/aromatic N) is 3. The predicted octanol–water partition coefficient (Wildman–Crippen LogP) is 4.80. The van der Waals surface area contributed by atoms with Crippen molar-refractivity contribution in [3.05, 3.63) is 131 Å². The van der Waals surface area contributed by atoms with Crippen LogP contribution < -0.4 is 25.7 Å². The number of halogens is 1. The smallest absolute Gasteiger partial charge is 0.271 e. The number of ether oxygens (including phenoxy) is 2. The Morgan fingerprint density at radius 1 is 1.14 bits per heavy atom. The second-order valence-electron chi connectivity index (χ2n) is 9.14. The molecular formula is C31H27FN6O4. The van der Waals surface area contributed by atoms with E-state index in [-0.39, 0.29) is 17.9 Å². The number of amides is 1. The van der Waals surface area contributed by atoms with Gasteiger partial charge in [0.25, 0.3) is 11.5 Å². The van der Waals surface area contributed by atoms with Gasteiger partial charge < -0.3 is 30.1 Å². The predicted molar refractivity (Wildman–Crippen MR) is 157 cm³/mol. The van der Waals surface area contributed by atoms with Crippen LogP contribution in [0.15, 0.2) is 108 Å². The number of nitrogens with one attached hydrogen (secondary N) is 3. The van der Waals surface area contributed by atoms with E-state index < -0.39 is 17.3 Å². The lowest BCUT2D eigenvalue weighted by Crippen LogP contribution is -2.29. The molecule has 0 bridgehead atoms. The molecule has 0 spiro atoms. The number of benzene rings is 2. The highest BCUT2D eigenvalue weighted by molar-refractivity contribution is 6.06. The highest BCUT2D eigenvalue weighted by Crippen LogP contribution is 2.27. The summed E-state index contributed by atoms with van der Waals surface area (Å²) in [5.74, 6) is -0.00399. The number of pyridine rings is 1. The summed E-state index contributed by atoms with van der Waals surface area (Å²) in [5.41, 5.74) is 2.18. The van der Waals surface area contributed by atoms with Crippen LogP contribution in [0.1, 0.15) is 23.0 Å². The number of anilines is 1. The minimum absolute atomic E-state index is 0.136. The average Bonchev–Trinajstić information content (AvgIpc) is 3.42. The van der Waals surface area contributed by atoms with Crippen LogP contribution in [0.3, 0.4) is 0 Å². The van der Waals surface area contributed by atoms with Crippen LogP contribution in [0.2, 0.25) is 0 Å². The number of aromatic nitrogens is 3. The third-order valence-corrected chi connectivity index (χ3v) is 6.21. The van der Waals surface area contributed by atoms with Gasteiger partial charge in [-0.3, -0.25) is 14.2 Å². The second kappa shape index (κ2) is 12.2. The molecule has 0 atom stereocenters. The molecule has 0 saturated carbocycles. The summed E-state index contributed by atoms with van der Waals surface area (Å²) in [4.78, 5) is 31.0. The summed E-state index contributed by atoms with van der Waals surface area (Å²) in [6.45, 7) is 2.00. The number of aryl methyl sites for hydroxylation is 1. The molecule has 10 nitrogen and oxygen atoms in total. The van der Waals surface area contributed by atoms with E-state index >= 15 is 0 Å². The van der Waals surface area contributed by atoms with Gasteiger partial charge in [-0.1, -0.05) is 0 Å². The second-order valence-corrected chi connectivity index (χ2v) is 9.14. The molecule has 5 rings (SSSR count). The number of hydrogen-bond acceptors (Lipinski definition) is 7. The first-order valence-electron chi connectivity index (χ1n) is 13.0. The van der Waals surface area contributed by atoms with E-state index in [0.29, 0.717) is 28.6 Å². The first-order chi connectivity index (χ1) is 20.4. The molecule has 212 valence electrons. The van der Waals surface area contributed by atoms with Crippen LogP contribution >= 0.6 is 0 Å². The van der Waals surface area contributed by atoms with Crippen molar-refractivity contribution >= 4 is 23.4 Å². The van der Waals surface area contributed by atoms with Crippen molar-refractivity contribution in [1.82, 2.24) is 19.4 Å². The van der Waals surface area contributed by atoms with Gasteiger partial charge in [-0.15, -0.1) is 0 Å². The van der Waals surface area contributed by atoms with E-state index in [1.165, 1.54) is 41.1 Å². The van der Waals surface area contributed by atoms with Crippen molar-refractivity contribution in [1.29, 1.82) is 5.41 Å². The van der Waals surface area contributed by atoms with Gasteiger partial charge in [0, 0.05) is 48.8 Å². The Morgan fingerprint density at radius 2 is 1.90 bits per heavy atom. The van der Waals surface area contributed by atoms with E-state index in [1.807, 2.05) is 23.9 Å². The first kappa shape index (κ1) is 27.8. The Bertz CT molecular complexity index is 1780. The third kappa shape index (κ3) is 6.04. The Morgan fingerprint density at radius 3 is 2.57 bits per heavy atom. The van der Waals surface area contributed by atoms with Gasteiger partial charge in [0.05, 0.1) is 24.3 Å². The summed E-state index contributed by atoms with van der Waals surface area (Å²) in [6.07, 6.45) is 11.4. The van der Waals surface area contributed by atoms with Gasteiger partial charge in [0.2, 0.25) is 0 Å². The van der Waals surface area contributed by atoms with Crippen molar-refractivity contribution in [2.75, 3.05) is 11.9 Å². The number of dihydropyridines is 1. The summed E-state index contributed by atoms with van der Waals surface area (Å²) >= 11 is 0. The third-order valence-electron chi connectivity index (χ3n) is 6.21. The fraction of sp³-hybridized carbons (Fsp3) is 0.0968. The van der Waals surface area contributed by atoms with Gasteiger partial charge in [0.15, 0.2) is 5.76 Å². The molecular weight excluding hydrogens is 539 g/mol. The molecule has 2 aromatic heterocycles. The van der Waals surface area contributed by atoms with Gasteiger partial charge in [0.1, 0.15) is 22.9 Å². The maximum atomic E-state index is 13.4. The van der Waals surface area contributed by atoms with E-state index in [4.69, 9.17) is 14.9 Å². The molecule has 1 amide bonds. The normalized spacial score (nSPS) is 13.5. The molecule has 1 aliphatic heterocycles. The van der Waals surface area contributed by atoms with Crippen LogP contribution in [0.4, 0.5) is 10.1 Å². The lowest BCUT2D eigenvalue weighted by molar-refractivity contribution is 0.102. The van der Waals surface area contributed by atoms with Crippen LogP contribution in [0.25, 0.3) is 11.3 Å². The standard InChI is InChI=1S/C31H27FN6O4/c1-3-41-27-13-15-38(23-8-4-21(32)5-9-23)31(40)29(27)30(39)36-22-6-10-24(11-7-22)42-28-16-20(17-34-25(28)12-14-33)26-18-37(2)19-35-26/h4-19,33-34H,3H2,1-2H3,(H,36,39)/b25-12-,33-14?. The monoisotopic (exact) mass is 566 g/mol. The number of hydrogen-bond donors (Lipinski definition) is 3. The number of carbonyl (C=O) groups is 1. The number of rotatable bonds is 9. The SMILES string of the molecule is CCOc1ccn(-c2ccc(F)cc2)c(=O)c1C(=O)Nc1ccc(OC2=CC(c3cn(C)cn3)=CN/C2=C\C=N)cc1. The average molecular weight is 567 g/mol. The molecule has 11 heteroatoms. The largest absolute Gasteiger partial charge is 0.493 e. The molecule has 1 aliphatic rings. The molecule has 2 aromatic carbocycles. The van der Waals surface area contributed by atoms with Crippen molar-refractivity contribution < 1.29 is 18.7 Å². The minimum atomic E-state index is -0.658. The summed E-state index contributed by atoms with van der Waals surface area (Å²) in [6, 6.07) is 13.5. The zero-order chi connectivity index (χ0) is 29.6. The van der Waals surface area contributed by atoms with Crippen molar-refractivity contribution in [2.45, 2.75) is 6.92 Å². The van der Waals surface area contributed by atoms with Gasteiger partial charge in [-0.2, -0.15) is 0 Å². The van der Waals surface area contributed by atoms with E-state index in [1.54, 1.807) is 49.8 Å². The van der Waals surface area contributed by atoms with Crippen molar-refractivity contribution in [3.8, 4) is 17.2 Å². The van der Waals surface area contributed by atoms with Crippen LogP contribution in [0, 0.1) is 11.2 Å². The summed E-state index contributed by atoms with van der Waals surface area (Å²) < 4.78 is 28.2. The Hall–Kier alpha value is -5.71.